The molecule has 0 saturated heterocycles. The lowest BCUT2D eigenvalue weighted by Crippen LogP contribution is -2.12. The summed E-state index contributed by atoms with van der Waals surface area (Å²) in [4.78, 5) is 12.5. The maximum atomic E-state index is 12.5. The quantitative estimate of drug-likeness (QED) is 0.804. The molecule has 0 unspecified atom stereocenters. The molecule has 0 atom stereocenters. The molecule has 0 aliphatic carbocycles. The van der Waals surface area contributed by atoms with Crippen molar-refractivity contribution in [3.05, 3.63) is 51.3 Å². The molecule has 0 radical (unpaired) electrons. The molecule has 0 N–H and O–H groups in total. The highest BCUT2D eigenvalue weighted by Crippen LogP contribution is 2.24. The molecule has 0 saturated carbocycles. The van der Waals surface area contributed by atoms with Gasteiger partial charge in [0, 0.05) is 17.1 Å². The van der Waals surface area contributed by atoms with Crippen LogP contribution < -0.4 is 0 Å². The Balaban J connectivity index is 2.55. The lowest BCUT2D eigenvalue weighted by atomic mass is 10.0. The van der Waals surface area contributed by atoms with Crippen LogP contribution in [0.15, 0.2) is 24.4 Å². The smallest absolute Gasteiger partial charge is 0.212 e. The topological polar surface area (TPSA) is 34.9 Å². The normalized spacial score (nSPS) is 10.7. The van der Waals surface area contributed by atoms with Crippen LogP contribution in [0.1, 0.15) is 28.5 Å². The van der Waals surface area contributed by atoms with Crippen molar-refractivity contribution in [3.8, 4) is 0 Å². The molecule has 0 fully saturated rings. The van der Waals surface area contributed by atoms with Crippen molar-refractivity contribution < 1.29 is 4.79 Å². The van der Waals surface area contributed by atoms with Crippen LogP contribution in [0, 0.1) is 6.92 Å². The van der Waals surface area contributed by atoms with Gasteiger partial charge in [0.1, 0.15) is 5.69 Å². The van der Waals surface area contributed by atoms with Gasteiger partial charge in [-0.15, -0.1) is 0 Å². The van der Waals surface area contributed by atoms with Crippen molar-refractivity contribution in [2.24, 2.45) is 0 Å². The summed E-state index contributed by atoms with van der Waals surface area (Å²) in [6, 6.07) is 5.25. The largest absolute Gasteiger partial charge is 0.287 e. The minimum absolute atomic E-state index is 0.153. The van der Waals surface area contributed by atoms with Crippen LogP contribution in [0.3, 0.4) is 0 Å². The summed E-state index contributed by atoms with van der Waals surface area (Å²) in [5.41, 5.74) is 1.72. The molecule has 3 nitrogen and oxygen atoms in total. The van der Waals surface area contributed by atoms with E-state index in [0.29, 0.717) is 27.8 Å². The molecule has 0 amide bonds. The predicted molar refractivity (Wildman–Crippen MR) is 72.5 cm³/mol. The number of nitrogens with zero attached hydrogens (tertiary/aromatic N) is 2. The van der Waals surface area contributed by atoms with Gasteiger partial charge in [-0.25, -0.2) is 0 Å². The Morgan fingerprint density at radius 2 is 2.06 bits per heavy atom. The number of aryl methyl sites for hydroxylation is 1. The zero-order valence-corrected chi connectivity index (χ0v) is 11.6. The molecule has 18 heavy (non-hydrogen) atoms. The number of hydrogen-bond acceptors (Lipinski definition) is 2. The second kappa shape index (κ2) is 5.12. The first kappa shape index (κ1) is 13.1. The average Bonchev–Trinajstić information content (AvgIpc) is 2.73. The van der Waals surface area contributed by atoms with Crippen LogP contribution in [0.5, 0.6) is 0 Å². The molecule has 1 aromatic carbocycles. The van der Waals surface area contributed by atoms with Crippen LogP contribution in [0.25, 0.3) is 0 Å². The van der Waals surface area contributed by atoms with Gasteiger partial charge in [-0.05, 0) is 25.5 Å². The highest BCUT2D eigenvalue weighted by molar-refractivity contribution is 6.35. The number of halogens is 2. The van der Waals surface area contributed by atoms with Crippen molar-refractivity contribution in [3.63, 3.8) is 0 Å². The maximum Gasteiger partial charge on any atom is 0.212 e. The molecular weight excluding hydrogens is 271 g/mol. The molecule has 0 spiro atoms. The number of rotatable bonds is 3. The highest BCUT2D eigenvalue weighted by atomic mass is 35.5. The first-order valence-electron chi connectivity index (χ1n) is 5.57. The van der Waals surface area contributed by atoms with Gasteiger partial charge in [-0.1, -0.05) is 35.3 Å². The van der Waals surface area contributed by atoms with Gasteiger partial charge in [0.2, 0.25) is 5.78 Å². The third-order valence-electron chi connectivity index (χ3n) is 2.82. The third kappa shape index (κ3) is 2.16. The Labute approximate surface area is 115 Å². The van der Waals surface area contributed by atoms with Gasteiger partial charge in [0.05, 0.1) is 11.2 Å². The number of carbonyl (C=O) groups is 1. The van der Waals surface area contributed by atoms with E-state index in [4.69, 9.17) is 23.2 Å². The summed E-state index contributed by atoms with van der Waals surface area (Å²) in [6.45, 7) is 4.31. The molecule has 2 aromatic rings. The van der Waals surface area contributed by atoms with Crippen molar-refractivity contribution >= 4 is 29.0 Å². The number of benzene rings is 1. The predicted octanol–water partition coefficient (Wildman–Crippen LogP) is 3.75. The van der Waals surface area contributed by atoms with Crippen molar-refractivity contribution in [1.82, 2.24) is 9.78 Å². The third-order valence-corrected chi connectivity index (χ3v) is 3.51. The number of ketones is 1. The van der Waals surface area contributed by atoms with E-state index in [1.165, 1.54) is 6.20 Å². The van der Waals surface area contributed by atoms with E-state index in [0.717, 1.165) is 5.56 Å². The summed E-state index contributed by atoms with van der Waals surface area (Å²) in [6.07, 6.45) is 1.48. The van der Waals surface area contributed by atoms with E-state index in [9.17, 15) is 4.79 Å². The summed E-state index contributed by atoms with van der Waals surface area (Å²) < 4.78 is 1.59. The van der Waals surface area contributed by atoms with Crippen LogP contribution >= 0.6 is 23.2 Å². The van der Waals surface area contributed by atoms with Crippen LogP contribution in [0.4, 0.5) is 0 Å². The van der Waals surface area contributed by atoms with Gasteiger partial charge >= 0.3 is 0 Å². The van der Waals surface area contributed by atoms with Gasteiger partial charge in [0.25, 0.3) is 0 Å². The molecule has 0 aliphatic heterocycles. The standard InChI is InChI=1S/C13H12Cl2N2O/c1-3-17-12(11(15)7-16-17)13(18)9-5-4-6-10(14)8(9)2/h4-7H,3H2,1-2H3. The monoisotopic (exact) mass is 282 g/mol. The van der Waals surface area contributed by atoms with Gasteiger partial charge in [-0.3, -0.25) is 9.48 Å². The number of hydrogen-bond donors (Lipinski definition) is 0. The summed E-state index contributed by atoms with van der Waals surface area (Å²) >= 11 is 12.0. The molecule has 2 rings (SSSR count). The van der Waals surface area contributed by atoms with Crippen LogP contribution in [-0.2, 0) is 6.54 Å². The van der Waals surface area contributed by atoms with E-state index in [1.807, 2.05) is 13.8 Å². The van der Waals surface area contributed by atoms with E-state index in [2.05, 4.69) is 5.10 Å². The van der Waals surface area contributed by atoms with Crippen molar-refractivity contribution in [2.45, 2.75) is 20.4 Å². The summed E-state index contributed by atoms with van der Waals surface area (Å²) in [5, 5.41) is 5.00. The fourth-order valence-corrected chi connectivity index (χ4v) is 2.21. The maximum absolute atomic E-state index is 12.5. The van der Waals surface area contributed by atoms with Crippen LogP contribution in [0.2, 0.25) is 10.0 Å². The minimum atomic E-state index is -0.153. The lowest BCUT2D eigenvalue weighted by Gasteiger charge is -2.08. The minimum Gasteiger partial charge on any atom is -0.287 e. The molecule has 0 aliphatic rings. The van der Waals surface area contributed by atoms with E-state index >= 15 is 0 Å². The second-order valence-corrected chi connectivity index (χ2v) is 4.71. The number of aromatic nitrogens is 2. The highest BCUT2D eigenvalue weighted by Gasteiger charge is 2.20. The lowest BCUT2D eigenvalue weighted by molar-refractivity contribution is 0.102. The van der Waals surface area contributed by atoms with Crippen LogP contribution in [-0.4, -0.2) is 15.6 Å². The Morgan fingerprint density at radius 1 is 1.33 bits per heavy atom. The Bertz CT molecular complexity index is 605. The van der Waals surface area contributed by atoms with Crippen molar-refractivity contribution in [1.29, 1.82) is 0 Å². The number of carbonyl (C=O) groups excluding carboxylic acids is 1. The molecular formula is C13H12Cl2N2O. The van der Waals surface area contributed by atoms with Gasteiger partial charge in [0.15, 0.2) is 0 Å². The Morgan fingerprint density at radius 3 is 2.72 bits per heavy atom. The average molecular weight is 283 g/mol. The SMILES string of the molecule is CCn1ncc(Cl)c1C(=O)c1cccc(Cl)c1C. The fraction of sp³-hybridized carbons (Fsp3) is 0.231. The van der Waals surface area contributed by atoms with E-state index < -0.39 is 0 Å². The summed E-state index contributed by atoms with van der Waals surface area (Å²) in [7, 11) is 0. The van der Waals surface area contributed by atoms with Gasteiger partial charge in [-0.2, -0.15) is 5.10 Å². The molecule has 1 aromatic heterocycles. The molecule has 5 heteroatoms. The zero-order valence-electron chi connectivity index (χ0n) is 10.1. The molecule has 0 bridgehead atoms. The van der Waals surface area contributed by atoms with Crippen molar-refractivity contribution in [2.75, 3.05) is 0 Å². The zero-order chi connectivity index (χ0) is 13.3. The summed E-state index contributed by atoms with van der Waals surface area (Å²) in [5.74, 6) is -0.153. The van der Waals surface area contributed by atoms with E-state index in [1.54, 1.807) is 22.9 Å². The first-order chi connectivity index (χ1) is 8.56. The Hall–Kier alpha value is -1.32. The molecule has 94 valence electrons. The van der Waals surface area contributed by atoms with Gasteiger partial charge < -0.3 is 0 Å². The molecule has 1 heterocycles. The first-order valence-corrected chi connectivity index (χ1v) is 6.33. The Kier molecular flexibility index (Phi) is 3.73. The van der Waals surface area contributed by atoms with E-state index in [-0.39, 0.29) is 5.78 Å². The second-order valence-electron chi connectivity index (χ2n) is 3.90. The fourth-order valence-electron chi connectivity index (χ4n) is 1.81.